The van der Waals surface area contributed by atoms with Crippen LogP contribution in [-0.4, -0.2) is 61.2 Å². The molecule has 7 heteroatoms. The van der Waals surface area contributed by atoms with Gasteiger partial charge in [-0.05, 0) is 23.8 Å². The van der Waals surface area contributed by atoms with Gasteiger partial charge < -0.3 is 19.3 Å². The highest BCUT2D eigenvalue weighted by molar-refractivity contribution is 5.92. The summed E-state index contributed by atoms with van der Waals surface area (Å²) in [5.41, 5.74) is 0.951. The summed E-state index contributed by atoms with van der Waals surface area (Å²) >= 11 is 0. The molecule has 1 fully saturated rings. The molecule has 2 heterocycles. The van der Waals surface area contributed by atoms with E-state index < -0.39 is 0 Å². The average molecular weight is 368 g/mol. The lowest BCUT2D eigenvalue weighted by Crippen LogP contribution is -2.29. The van der Waals surface area contributed by atoms with Crippen molar-refractivity contribution in [3.8, 4) is 11.6 Å². The average Bonchev–Trinajstić information content (AvgIpc) is 3.15. The molecule has 1 atom stereocenters. The van der Waals surface area contributed by atoms with E-state index >= 15 is 0 Å². The van der Waals surface area contributed by atoms with Gasteiger partial charge in [-0.1, -0.05) is 12.1 Å². The van der Waals surface area contributed by atoms with Gasteiger partial charge in [0.2, 0.25) is 11.8 Å². The Morgan fingerprint density at radius 3 is 2.74 bits per heavy atom. The highest BCUT2D eigenvalue weighted by Crippen LogP contribution is 2.19. The number of rotatable bonds is 6. The fraction of sp³-hybridized carbons (Fsp3) is 0.350. The summed E-state index contributed by atoms with van der Waals surface area (Å²) in [5.74, 6) is 1.99. The zero-order valence-corrected chi connectivity index (χ0v) is 15.8. The zero-order chi connectivity index (χ0) is 19.2. The zero-order valence-electron chi connectivity index (χ0n) is 15.8. The van der Waals surface area contributed by atoms with Crippen molar-refractivity contribution in [3.63, 3.8) is 0 Å². The maximum Gasteiger partial charge on any atom is 0.246 e. The molecule has 27 heavy (non-hydrogen) atoms. The van der Waals surface area contributed by atoms with Crippen LogP contribution in [0.25, 0.3) is 6.08 Å². The Morgan fingerprint density at radius 1 is 1.26 bits per heavy atom. The van der Waals surface area contributed by atoms with Gasteiger partial charge in [-0.25, -0.2) is 0 Å². The Hall–Kier alpha value is -3.09. The van der Waals surface area contributed by atoms with Crippen LogP contribution in [0.15, 0.2) is 42.7 Å². The lowest BCUT2D eigenvalue weighted by molar-refractivity contribution is -0.125. The number of hydrogen-bond donors (Lipinski definition) is 0. The Morgan fingerprint density at radius 2 is 2.04 bits per heavy atom. The number of aromatic nitrogens is 2. The molecule has 0 aliphatic carbocycles. The fourth-order valence-electron chi connectivity index (χ4n) is 2.79. The molecule has 1 aliphatic rings. The first kappa shape index (κ1) is 18.7. The second-order valence-electron chi connectivity index (χ2n) is 6.53. The lowest BCUT2D eigenvalue weighted by Gasteiger charge is -2.16. The van der Waals surface area contributed by atoms with Crippen LogP contribution in [0.2, 0.25) is 0 Å². The number of benzene rings is 1. The molecule has 1 aromatic carbocycles. The minimum absolute atomic E-state index is 0.0231. The van der Waals surface area contributed by atoms with Crippen molar-refractivity contribution in [2.45, 2.75) is 12.5 Å². The maximum absolute atomic E-state index is 12.4. The molecule has 0 N–H and O–H groups in total. The Bertz CT molecular complexity index is 805. The molecule has 1 aliphatic heterocycles. The van der Waals surface area contributed by atoms with E-state index in [1.165, 1.54) is 0 Å². The number of anilines is 1. The van der Waals surface area contributed by atoms with Crippen LogP contribution >= 0.6 is 0 Å². The van der Waals surface area contributed by atoms with Crippen molar-refractivity contribution in [2.24, 2.45) is 0 Å². The van der Waals surface area contributed by atoms with Gasteiger partial charge >= 0.3 is 0 Å². The normalized spacial score (nSPS) is 16.6. The largest absolute Gasteiger partial charge is 0.497 e. The van der Waals surface area contributed by atoms with Gasteiger partial charge in [0.1, 0.15) is 11.9 Å². The lowest BCUT2D eigenvalue weighted by atomic mass is 10.2. The number of ether oxygens (including phenoxy) is 2. The number of hydrogen-bond acceptors (Lipinski definition) is 6. The number of carbonyl (C=O) groups excluding carboxylic acids is 1. The van der Waals surface area contributed by atoms with Crippen LogP contribution < -0.4 is 14.4 Å². The molecule has 3 rings (SSSR count). The summed E-state index contributed by atoms with van der Waals surface area (Å²) < 4.78 is 11.0. The second-order valence-corrected chi connectivity index (χ2v) is 6.53. The number of nitrogens with zero attached hydrogens (tertiary/aromatic N) is 4. The van der Waals surface area contributed by atoms with Gasteiger partial charge in [-0.3, -0.25) is 9.78 Å². The third-order valence-electron chi connectivity index (χ3n) is 4.34. The van der Waals surface area contributed by atoms with Gasteiger partial charge in [0.25, 0.3) is 0 Å². The van der Waals surface area contributed by atoms with E-state index in [0.717, 1.165) is 23.6 Å². The predicted molar refractivity (Wildman–Crippen MR) is 104 cm³/mol. The van der Waals surface area contributed by atoms with Gasteiger partial charge in [-0.2, -0.15) is 4.98 Å². The van der Waals surface area contributed by atoms with Crippen LogP contribution in [0.1, 0.15) is 12.0 Å². The Kier molecular flexibility index (Phi) is 5.90. The summed E-state index contributed by atoms with van der Waals surface area (Å²) in [4.78, 5) is 24.6. The van der Waals surface area contributed by atoms with Gasteiger partial charge in [-0.15, -0.1) is 0 Å². The summed E-state index contributed by atoms with van der Waals surface area (Å²) in [5, 5.41) is 0. The fourth-order valence-corrected chi connectivity index (χ4v) is 2.79. The summed E-state index contributed by atoms with van der Waals surface area (Å²) in [6.07, 6.45) is 7.38. The monoisotopic (exact) mass is 368 g/mol. The van der Waals surface area contributed by atoms with Crippen molar-refractivity contribution < 1.29 is 14.3 Å². The quantitative estimate of drug-likeness (QED) is 0.729. The van der Waals surface area contributed by atoms with Crippen LogP contribution in [0.5, 0.6) is 11.6 Å². The Labute approximate surface area is 159 Å². The molecule has 7 nitrogen and oxygen atoms in total. The van der Waals surface area contributed by atoms with E-state index in [9.17, 15) is 4.79 Å². The highest BCUT2D eigenvalue weighted by atomic mass is 16.5. The van der Waals surface area contributed by atoms with Crippen molar-refractivity contribution in [3.05, 3.63) is 48.3 Å². The van der Waals surface area contributed by atoms with E-state index in [1.54, 1.807) is 30.5 Å². The molecule has 142 valence electrons. The molecule has 1 unspecified atom stereocenters. The SMILES string of the molecule is COc1ccc(/C=C/C(=O)N2CCC(Oc3cncc(N(C)C)n3)C2)cc1. The highest BCUT2D eigenvalue weighted by Gasteiger charge is 2.27. The van der Waals surface area contributed by atoms with E-state index in [4.69, 9.17) is 9.47 Å². The molecule has 0 radical (unpaired) electrons. The Balaban J connectivity index is 1.54. The second kappa shape index (κ2) is 8.53. The third kappa shape index (κ3) is 4.97. The first-order valence-electron chi connectivity index (χ1n) is 8.82. The van der Waals surface area contributed by atoms with E-state index in [2.05, 4.69) is 9.97 Å². The van der Waals surface area contributed by atoms with Crippen molar-refractivity contribution in [1.82, 2.24) is 14.9 Å². The topological polar surface area (TPSA) is 67.8 Å². The van der Waals surface area contributed by atoms with Crippen molar-refractivity contribution >= 4 is 17.8 Å². The molecule has 1 saturated heterocycles. The smallest absolute Gasteiger partial charge is 0.246 e. The molecular weight excluding hydrogens is 344 g/mol. The maximum atomic E-state index is 12.4. The summed E-state index contributed by atoms with van der Waals surface area (Å²) in [6.45, 7) is 1.21. The van der Waals surface area contributed by atoms with Crippen LogP contribution in [0.3, 0.4) is 0 Å². The van der Waals surface area contributed by atoms with Crippen LogP contribution in [0, 0.1) is 0 Å². The van der Waals surface area contributed by atoms with Gasteiger partial charge in [0.05, 0.1) is 26.0 Å². The number of methoxy groups -OCH3 is 1. The third-order valence-corrected chi connectivity index (χ3v) is 4.34. The van der Waals surface area contributed by atoms with Crippen molar-refractivity contribution in [2.75, 3.05) is 39.2 Å². The van der Waals surface area contributed by atoms with Crippen molar-refractivity contribution in [1.29, 1.82) is 0 Å². The van der Waals surface area contributed by atoms with Gasteiger partial charge in [0.15, 0.2) is 5.82 Å². The van der Waals surface area contributed by atoms with E-state index in [0.29, 0.717) is 19.0 Å². The molecule has 0 bridgehead atoms. The minimum atomic E-state index is -0.0740. The predicted octanol–water partition coefficient (Wildman–Crippen LogP) is 2.24. The van der Waals surface area contributed by atoms with Crippen LogP contribution in [0.4, 0.5) is 5.82 Å². The summed E-state index contributed by atoms with van der Waals surface area (Å²) in [7, 11) is 5.43. The molecule has 2 aromatic rings. The van der Waals surface area contributed by atoms with Crippen LogP contribution in [-0.2, 0) is 4.79 Å². The minimum Gasteiger partial charge on any atom is -0.497 e. The van der Waals surface area contributed by atoms with E-state index in [-0.39, 0.29) is 12.0 Å². The number of likely N-dealkylation sites (tertiary alicyclic amines) is 1. The standard InChI is InChI=1S/C20H24N4O3/c1-23(2)18-12-21-13-19(22-18)27-17-10-11-24(14-17)20(25)9-6-15-4-7-16(26-3)8-5-15/h4-9,12-13,17H,10-11,14H2,1-3H3/b9-6+. The van der Waals surface area contributed by atoms with Gasteiger partial charge in [0, 0.05) is 33.1 Å². The number of amides is 1. The number of carbonyl (C=O) groups is 1. The molecule has 0 saturated carbocycles. The first-order valence-corrected chi connectivity index (χ1v) is 8.82. The molecule has 1 amide bonds. The first-order chi connectivity index (χ1) is 13.0. The molecule has 0 spiro atoms. The summed E-state index contributed by atoms with van der Waals surface area (Å²) in [6, 6.07) is 7.56. The molecular formula is C20H24N4O3. The molecule has 1 aromatic heterocycles. The van der Waals surface area contributed by atoms with E-state index in [1.807, 2.05) is 49.3 Å².